The Bertz CT molecular complexity index is 956. The maximum atomic E-state index is 13.0. The van der Waals surface area contributed by atoms with Crippen LogP contribution in [0.2, 0.25) is 0 Å². The van der Waals surface area contributed by atoms with Gasteiger partial charge in [-0.15, -0.1) is 0 Å². The van der Waals surface area contributed by atoms with Gasteiger partial charge in [-0.3, -0.25) is 9.55 Å². The van der Waals surface area contributed by atoms with Gasteiger partial charge in [0, 0.05) is 23.0 Å². The van der Waals surface area contributed by atoms with Crippen LogP contribution >= 0.6 is 0 Å². The first kappa shape index (κ1) is 17.0. The lowest BCUT2D eigenvalue weighted by atomic mass is 10.1. The molecule has 138 valence electrons. The molecule has 0 saturated carbocycles. The van der Waals surface area contributed by atoms with Gasteiger partial charge in [0.05, 0.1) is 18.5 Å². The summed E-state index contributed by atoms with van der Waals surface area (Å²) in [5.41, 5.74) is 1.54. The van der Waals surface area contributed by atoms with Crippen molar-refractivity contribution in [2.75, 3.05) is 13.2 Å². The van der Waals surface area contributed by atoms with E-state index in [1.165, 1.54) is 18.3 Å². The Morgan fingerprint density at radius 3 is 2.81 bits per heavy atom. The highest BCUT2D eigenvalue weighted by molar-refractivity contribution is 5.59. The number of imidazole rings is 1. The van der Waals surface area contributed by atoms with Gasteiger partial charge >= 0.3 is 11.8 Å². The van der Waals surface area contributed by atoms with Crippen molar-refractivity contribution >= 4 is 5.82 Å². The second-order valence-electron chi connectivity index (χ2n) is 6.17. The van der Waals surface area contributed by atoms with E-state index in [-0.39, 0.29) is 23.6 Å². The second-order valence-corrected chi connectivity index (χ2v) is 6.17. The lowest BCUT2D eigenvalue weighted by molar-refractivity contribution is -0.389. The molecule has 4 rings (SSSR count). The molecule has 0 spiro atoms. The second kappa shape index (κ2) is 7.02. The normalized spacial score (nSPS) is 15.7. The third kappa shape index (κ3) is 3.71. The monoisotopic (exact) mass is 370 g/mol. The smallest absolute Gasteiger partial charge is 0.414 e. The highest BCUT2D eigenvalue weighted by Crippen LogP contribution is 2.25. The van der Waals surface area contributed by atoms with Crippen molar-refractivity contribution in [1.29, 1.82) is 0 Å². The zero-order chi connectivity index (χ0) is 18.8. The Hall–Kier alpha value is -3.49. The lowest BCUT2D eigenvalue weighted by Crippen LogP contribution is -2.29. The minimum atomic E-state index is -0.547. The Morgan fingerprint density at radius 1 is 1.30 bits per heavy atom. The van der Waals surface area contributed by atoms with Crippen LogP contribution in [0.15, 0.2) is 48.8 Å². The third-order valence-electron chi connectivity index (χ3n) is 4.18. The number of ether oxygens (including phenoxy) is 2. The number of fused-ring (bicyclic) bond motifs is 1. The van der Waals surface area contributed by atoms with Gasteiger partial charge in [-0.2, -0.15) is 0 Å². The molecule has 3 heterocycles. The van der Waals surface area contributed by atoms with Crippen molar-refractivity contribution in [2.45, 2.75) is 6.54 Å². The predicted octanol–water partition coefficient (Wildman–Crippen LogP) is 3.08. The van der Waals surface area contributed by atoms with E-state index in [0.717, 1.165) is 11.3 Å². The average molecular weight is 370 g/mol. The fourth-order valence-electron chi connectivity index (χ4n) is 2.81. The number of nitro groups is 1. The van der Waals surface area contributed by atoms with Crippen molar-refractivity contribution in [2.24, 2.45) is 5.92 Å². The van der Waals surface area contributed by atoms with Crippen LogP contribution in [0.3, 0.4) is 0 Å². The molecule has 8 nitrogen and oxygen atoms in total. The number of hydrogen-bond acceptors (Lipinski definition) is 6. The fourth-order valence-corrected chi connectivity index (χ4v) is 2.81. The minimum Gasteiger partial charge on any atom is -0.491 e. The van der Waals surface area contributed by atoms with Crippen LogP contribution in [0.1, 0.15) is 0 Å². The van der Waals surface area contributed by atoms with Crippen LogP contribution in [0, 0.1) is 21.8 Å². The van der Waals surface area contributed by atoms with Gasteiger partial charge in [0.15, 0.2) is 0 Å². The summed E-state index contributed by atoms with van der Waals surface area (Å²) < 4.78 is 25.8. The van der Waals surface area contributed by atoms with Gasteiger partial charge in [0.25, 0.3) is 0 Å². The summed E-state index contributed by atoms with van der Waals surface area (Å²) in [4.78, 5) is 18.4. The maximum absolute atomic E-state index is 13.0. The molecule has 27 heavy (non-hydrogen) atoms. The van der Waals surface area contributed by atoms with Gasteiger partial charge in [-0.05, 0) is 41.3 Å². The number of pyridine rings is 1. The molecule has 0 bridgehead atoms. The predicted molar refractivity (Wildman–Crippen MR) is 93.0 cm³/mol. The molecule has 0 aliphatic carbocycles. The summed E-state index contributed by atoms with van der Waals surface area (Å²) in [5.74, 6) is 0.110. The maximum Gasteiger partial charge on any atom is 0.414 e. The molecule has 1 unspecified atom stereocenters. The van der Waals surface area contributed by atoms with Crippen LogP contribution < -0.4 is 9.47 Å². The molecule has 2 aromatic heterocycles. The number of nitrogens with zero attached hydrogens (tertiary/aromatic N) is 4. The minimum absolute atomic E-state index is 0.0306. The summed E-state index contributed by atoms with van der Waals surface area (Å²) in [5, 5.41) is 10.8. The van der Waals surface area contributed by atoms with Gasteiger partial charge in [0.2, 0.25) is 0 Å². The summed E-state index contributed by atoms with van der Waals surface area (Å²) >= 11 is 0. The molecule has 3 aromatic rings. The Labute approximate surface area is 153 Å². The van der Waals surface area contributed by atoms with Crippen LogP contribution in [0.4, 0.5) is 10.2 Å². The molecular formula is C18H15FN4O4. The molecule has 1 atom stereocenters. The molecule has 0 amide bonds. The average Bonchev–Trinajstić information content (AvgIpc) is 3.11. The molecule has 0 fully saturated rings. The number of benzene rings is 1. The van der Waals surface area contributed by atoms with E-state index in [9.17, 15) is 14.5 Å². The van der Waals surface area contributed by atoms with E-state index in [0.29, 0.717) is 25.5 Å². The van der Waals surface area contributed by atoms with Gasteiger partial charge in [-0.1, -0.05) is 0 Å². The van der Waals surface area contributed by atoms with Crippen molar-refractivity contribution in [3.05, 3.63) is 64.7 Å². The summed E-state index contributed by atoms with van der Waals surface area (Å²) in [6, 6.07) is 9.96. The molecule has 1 aliphatic rings. The van der Waals surface area contributed by atoms with E-state index in [1.807, 2.05) is 0 Å². The van der Waals surface area contributed by atoms with Crippen LogP contribution in [-0.2, 0) is 6.54 Å². The molecule has 1 aliphatic heterocycles. The van der Waals surface area contributed by atoms with Gasteiger partial charge < -0.3 is 19.6 Å². The number of halogens is 1. The topological polar surface area (TPSA) is 92.3 Å². The Kier molecular flexibility index (Phi) is 4.41. The fraction of sp³-hybridized carbons (Fsp3) is 0.222. The Morgan fingerprint density at radius 2 is 2.11 bits per heavy atom. The molecule has 0 saturated heterocycles. The van der Waals surface area contributed by atoms with Gasteiger partial charge in [-0.25, -0.2) is 4.39 Å². The van der Waals surface area contributed by atoms with E-state index >= 15 is 0 Å². The summed E-state index contributed by atoms with van der Waals surface area (Å²) in [6.45, 7) is 1.27. The van der Waals surface area contributed by atoms with Crippen molar-refractivity contribution in [1.82, 2.24) is 14.5 Å². The first-order valence-corrected chi connectivity index (χ1v) is 8.27. The molecule has 0 N–H and O–H groups in total. The van der Waals surface area contributed by atoms with E-state index in [1.54, 1.807) is 35.0 Å². The van der Waals surface area contributed by atoms with Crippen LogP contribution in [-0.4, -0.2) is 32.7 Å². The number of rotatable bonds is 5. The van der Waals surface area contributed by atoms with Gasteiger partial charge in [0.1, 0.15) is 24.4 Å². The van der Waals surface area contributed by atoms with Crippen LogP contribution in [0.25, 0.3) is 11.3 Å². The van der Waals surface area contributed by atoms with Crippen molar-refractivity contribution < 1.29 is 18.8 Å². The SMILES string of the molecule is O=[N+]([O-])c1cn2c(n1)OCC(COc1ccc(-c3ccc(F)cc3)nc1)C2. The number of hydrogen-bond donors (Lipinski definition) is 0. The quantitative estimate of drug-likeness (QED) is 0.506. The Balaban J connectivity index is 1.36. The third-order valence-corrected chi connectivity index (χ3v) is 4.18. The van der Waals surface area contributed by atoms with Crippen molar-refractivity contribution in [3.8, 4) is 23.0 Å². The molecule has 1 aromatic carbocycles. The number of aromatic nitrogens is 3. The standard InChI is InChI=1S/C18H15FN4O4/c19-14-3-1-13(2-4-14)16-6-5-15(7-20-16)26-10-12-8-22-9-17(23(24)25)21-18(22)27-11-12/h1-7,9,12H,8,10-11H2. The highest BCUT2D eigenvalue weighted by atomic mass is 19.1. The zero-order valence-electron chi connectivity index (χ0n) is 14.1. The summed E-state index contributed by atoms with van der Waals surface area (Å²) in [6.07, 6.45) is 2.97. The first-order valence-electron chi connectivity index (χ1n) is 8.27. The van der Waals surface area contributed by atoms with E-state index < -0.39 is 4.92 Å². The van der Waals surface area contributed by atoms with E-state index in [4.69, 9.17) is 9.47 Å². The lowest BCUT2D eigenvalue weighted by Gasteiger charge is -2.22. The molecular weight excluding hydrogens is 355 g/mol. The molecule has 0 radical (unpaired) electrons. The summed E-state index contributed by atoms with van der Waals surface area (Å²) in [7, 11) is 0. The van der Waals surface area contributed by atoms with Crippen LogP contribution in [0.5, 0.6) is 11.8 Å². The van der Waals surface area contributed by atoms with E-state index in [2.05, 4.69) is 9.97 Å². The first-order chi connectivity index (χ1) is 13.1. The zero-order valence-corrected chi connectivity index (χ0v) is 14.1. The van der Waals surface area contributed by atoms with Crippen molar-refractivity contribution in [3.63, 3.8) is 0 Å². The molecule has 9 heteroatoms. The largest absolute Gasteiger partial charge is 0.491 e. The highest BCUT2D eigenvalue weighted by Gasteiger charge is 2.28.